The van der Waals surface area contributed by atoms with Gasteiger partial charge in [0.15, 0.2) is 0 Å². The largest absolute Gasteiger partial charge is 0.262 e. The first kappa shape index (κ1) is 12.6. The summed E-state index contributed by atoms with van der Waals surface area (Å²) in [5, 5.41) is 8.87. The van der Waals surface area contributed by atoms with Gasteiger partial charge in [-0.05, 0) is 30.7 Å². The quantitative estimate of drug-likeness (QED) is 0.872. The summed E-state index contributed by atoms with van der Waals surface area (Å²) in [6.07, 6.45) is 4.24. The second kappa shape index (κ2) is 4.59. The highest BCUT2D eigenvalue weighted by molar-refractivity contribution is 7.99. The van der Waals surface area contributed by atoms with Gasteiger partial charge in [0.25, 0.3) is 0 Å². The second-order valence-electron chi connectivity index (χ2n) is 5.85. The number of hydrogen-bond donors (Lipinski definition) is 1. The topological polar surface area (TPSA) is 67.3 Å². The summed E-state index contributed by atoms with van der Waals surface area (Å²) in [5.41, 5.74) is -0.0469. The van der Waals surface area contributed by atoms with Crippen LogP contribution in [0.5, 0.6) is 0 Å². The van der Waals surface area contributed by atoms with E-state index in [1.165, 1.54) is 24.6 Å². The molecule has 0 aliphatic heterocycles. The van der Waals surface area contributed by atoms with Gasteiger partial charge in [0, 0.05) is 17.5 Å². The summed E-state index contributed by atoms with van der Waals surface area (Å²) in [4.78, 5) is 13.4. The predicted molar refractivity (Wildman–Crippen MR) is 73.2 cm³/mol. The monoisotopic (exact) mass is 275 g/mol. The van der Waals surface area contributed by atoms with Crippen molar-refractivity contribution in [3.63, 3.8) is 0 Å². The Bertz CT molecular complexity index is 583. The Balaban J connectivity index is 1.78. The van der Waals surface area contributed by atoms with Crippen molar-refractivity contribution in [2.45, 2.75) is 55.1 Å². The van der Waals surface area contributed by atoms with Gasteiger partial charge in [-0.1, -0.05) is 20.8 Å². The van der Waals surface area contributed by atoms with Gasteiger partial charge in [-0.3, -0.25) is 5.10 Å². The highest BCUT2D eigenvalue weighted by Crippen LogP contribution is 2.38. The molecule has 0 aromatic carbocycles. The van der Waals surface area contributed by atoms with Gasteiger partial charge >= 0.3 is 0 Å². The molecular weight excluding hydrogens is 258 g/mol. The Morgan fingerprint density at radius 3 is 2.74 bits per heavy atom. The van der Waals surface area contributed by atoms with Crippen LogP contribution in [0.25, 0.3) is 0 Å². The molecule has 0 amide bonds. The first-order valence-electron chi connectivity index (χ1n) is 6.46. The van der Waals surface area contributed by atoms with Crippen molar-refractivity contribution in [2.24, 2.45) is 0 Å². The van der Waals surface area contributed by atoms with E-state index in [1.807, 2.05) is 6.07 Å². The first-order valence-corrected chi connectivity index (χ1v) is 7.28. The number of H-pyrrole nitrogens is 1. The highest BCUT2D eigenvalue weighted by atomic mass is 32.2. The lowest BCUT2D eigenvalue weighted by atomic mass is 9.96. The molecule has 6 heteroatoms. The minimum atomic E-state index is -0.0469. The number of rotatable bonds is 3. The Morgan fingerprint density at radius 1 is 1.26 bits per heavy atom. The molecule has 1 N–H and O–H groups in total. The van der Waals surface area contributed by atoms with E-state index in [-0.39, 0.29) is 5.41 Å². The first-order chi connectivity index (χ1) is 9.02. The standard InChI is InChI=1S/C13H17N5S/c1-13(2,3)11-14-7-6-9(15-11)19-12-16-10(17-18-12)8-4-5-8/h6-8H,4-5H2,1-3H3,(H,16,17,18). The van der Waals surface area contributed by atoms with Gasteiger partial charge in [-0.15, -0.1) is 5.10 Å². The summed E-state index contributed by atoms with van der Waals surface area (Å²) in [6, 6.07) is 1.90. The minimum absolute atomic E-state index is 0.0469. The van der Waals surface area contributed by atoms with E-state index in [2.05, 4.69) is 45.9 Å². The van der Waals surface area contributed by atoms with Crippen molar-refractivity contribution in [3.05, 3.63) is 23.9 Å². The van der Waals surface area contributed by atoms with Gasteiger partial charge < -0.3 is 0 Å². The third-order valence-corrected chi connectivity index (χ3v) is 3.74. The SMILES string of the molecule is CC(C)(C)c1nccc(Sc2n[nH]c(C3CC3)n2)n1. The van der Waals surface area contributed by atoms with E-state index in [9.17, 15) is 0 Å². The maximum absolute atomic E-state index is 4.57. The van der Waals surface area contributed by atoms with E-state index in [0.717, 1.165) is 21.8 Å². The van der Waals surface area contributed by atoms with Gasteiger partial charge in [0.2, 0.25) is 5.16 Å². The molecule has 5 nitrogen and oxygen atoms in total. The molecule has 3 rings (SSSR count). The predicted octanol–water partition coefficient (Wildman–Crippen LogP) is 2.92. The molecule has 0 radical (unpaired) electrons. The van der Waals surface area contributed by atoms with Crippen LogP contribution in [-0.2, 0) is 5.41 Å². The van der Waals surface area contributed by atoms with Crippen LogP contribution in [0.15, 0.2) is 22.4 Å². The fraction of sp³-hybridized carbons (Fsp3) is 0.538. The molecule has 1 fully saturated rings. The van der Waals surface area contributed by atoms with Gasteiger partial charge in [0.1, 0.15) is 16.7 Å². The van der Waals surface area contributed by atoms with Gasteiger partial charge in [-0.2, -0.15) is 0 Å². The third-order valence-electron chi connectivity index (χ3n) is 2.94. The van der Waals surface area contributed by atoms with Crippen LogP contribution in [0, 0.1) is 0 Å². The lowest BCUT2D eigenvalue weighted by molar-refractivity contribution is 0.538. The lowest BCUT2D eigenvalue weighted by Crippen LogP contribution is -2.15. The van der Waals surface area contributed by atoms with Crippen LogP contribution in [0.1, 0.15) is 51.2 Å². The van der Waals surface area contributed by atoms with E-state index < -0.39 is 0 Å². The zero-order valence-corrected chi connectivity index (χ0v) is 12.2. The average molecular weight is 275 g/mol. The molecule has 0 spiro atoms. The number of aromatic amines is 1. The summed E-state index contributed by atoms with van der Waals surface area (Å²) in [5.74, 6) is 2.44. The van der Waals surface area contributed by atoms with E-state index in [4.69, 9.17) is 0 Å². The Kier molecular flexibility index (Phi) is 3.05. The molecule has 0 unspecified atom stereocenters. The van der Waals surface area contributed by atoms with Crippen molar-refractivity contribution in [1.29, 1.82) is 0 Å². The number of aromatic nitrogens is 5. The highest BCUT2D eigenvalue weighted by Gasteiger charge is 2.27. The summed E-state index contributed by atoms with van der Waals surface area (Å²) in [6.45, 7) is 6.32. The minimum Gasteiger partial charge on any atom is -0.262 e. The molecule has 19 heavy (non-hydrogen) atoms. The fourth-order valence-corrected chi connectivity index (χ4v) is 2.38. The van der Waals surface area contributed by atoms with E-state index >= 15 is 0 Å². The molecule has 1 saturated carbocycles. The molecule has 2 aromatic heterocycles. The Morgan fingerprint density at radius 2 is 2.05 bits per heavy atom. The number of nitrogens with zero attached hydrogens (tertiary/aromatic N) is 4. The van der Waals surface area contributed by atoms with Crippen LogP contribution < -0.4 is 0 Å². The van der Waals surface area contributed by atoms with Crippen LogP contribution in [0.4, 0.5) is 0 Å². The number of hydrogen-bond acceptors (Lipinski definition) is 5. The number of nitrogens with one attached hydrogen (secondary N) is 1. The van der Waals surface area contributed by atoms with Crippen molar-refractivity contribution in [1.82, 2.24) is 25.1 Å². The zero-order valence-electron chi connectivity index (χ0n) is 11.3. The fourth-order valence-electron chi connectivity index (χ4n) is 1.70. The van der Waals surface area contributed by atoms with Crippen LogP contribution in [0.2, 0.25) is 0 Å². The molecule has 0 saturated heterocycles. The molecule has 0 bridgehead atoms. The summed E-state index contributed by atoms with van der Waals surface area (Å²) < 4.78 is 0. The van der Waals surface area contributed by atoms with Crippen molar-refractivity contribution in [3.8, 4) is 0 Å². The van der Waals surface area contributed by atoms with Gasteiger partial charge in [0.05, 0.1) is 0 Å². The molecule has 1 aliphatic carbocycles. The molecule has 2 heterocycles. The molecule has 100 valence electrons. The smallest absolute Gasteiger partial charge is 0.214 e. The van der Waals surface area contributed by atoms with Gasteiger partial charge in [-0.25, -0.2) is 15.0 Å². The summed E-state index contributed by atoms with van der Waals surface area (Å²) in [7, 11) is 0. The van der Waals surface area contributed by atoms with Crippen molar-refractivity contribution < 1.29 is 0 Å². The maximum Gasteiger partial charge on any atom is 0.214 e. The van der Waals surface area contributed by atoms with Crippen LogP contribution in [0.3, 0.4) is 0 Å². The molecule has 0 atom stereocenters. The Hall–Kier alpha value is -1.43. The van der Waals surface area contributed by atoms with E-state index in [0.29, 0.717) is 5.92 Å². The zero-order chi connectivity index (χ0) is 13.5. The molecule has 2 aromatic rings. The third kappa shape index (κ3) is 2.94. The second-order valence-corrected chi connectivity index (χ2v) is 6.84. The van der Waals surface area contributed by atoms with Crippen molar-refractivity contribution in [2.75, 3.05) is 0 Å². The maximum atomic E-state index is 4.57. The van der Waals surface area contributed by atoms with Crippen molar-refractivity contribution >= 4 is 11.8 Å². The summed E-state index contributed by atoms with van der Waals surface area (Å²) >= 11 is 1.48. The lowest BCUT2D eigenvalue weighted by Gasteiger charge is -2.16. The molecule has 1 aliphatic rings. The van der Waals surface area contributed by atoms with E-state index in [1.54, 1.807) is 6.20 Å². The molecular formula is C13H17N5S. The Labute approximate surface area is 116 Å². The van der Waals surface area contributed by atoms with Crippen LogP contribution >= 0.6 is 11.8 Å². The normalized spacial score (nSPS) is 15.7. The average Bonchev–Trinajstić information content (AvgIpc) is 3.10. The van der Waals surface area contributed by atoms with Crippen LogP contribution in [-0.4, -0.2) is 25.1 Å².